The summed E-state index contributed by atoms with van der Waals surface area (Å²) in [7, 11) is 0. The quantitative estimate of drug-likeness (QED) is 0.615. The number of hydrogen-bond acceptors (Lipinski definition) is 3. The van der Waals surface area contributed by atoms with Gasteiger partial charge in [-0.3, -0.25) is 4.40 Å². The number of benzene rings is 2. The summed E-state index contributed by atoms with van der Waals surface area (Å²) in [5, 5.41) is 9.41. The molecule has 5 heteroatoms. The minimum atomic E-state index is -0.977. The van der Waals surface area contributed by atoms with Crippen LogP contribution in [0.3, 0.4) is 0 Å². The minimum absolute atomic E-state index is 0.218. The Bertz CT molecular complexity index is 1020. The standard InChI is InChI=1S/C17H11N3O2/c21-17(22)12-6-2-1-5-11(12)15-16-18-9-10-20(16)14-8-4-3-7-13(14)19-15/h1-10H,(H,21,22). The van der Waals surface area contributed by atoms with Crippen LogP contribution in [0.5, 0.6) is 0 Å². The number of para-hydroxylation sites is 2. The molecule has 0 saturated carbocycles. The van der Waals surface area contributed by atoms with Gasteiger partial charge in [-0.2, -0.15) is 0 Å². The summed E-state index contributed by atoms with van der Waals surface area (Å²) in [6.45, 7) is 0. The first kappa shape index (κ1) is 12.5. The lowest BCUT2D eigenvalue weighted by atomic mass is 10.0. The molecule has 0 fully saturated rings. The van der Waals surface area contributed by atoms with Crippen molar-refractivity contribution in [2.45, 2.75) is 0 Å². The van der Waals surface area contributed by atoms with Gasteiger partial charge in [-0.05, 0) is 18.2 Å². The fourth-order valence-corrected chi connectivity index (χ4v) is 2.66. The van der Waals surface area contributed by atoms with Crippen LogP contribution in [0.15, 0.2) is 60.9 Å². The molecule has 0 aliphatic heterocycles. The lowest BCUT2D eigenvalue weighted by Crippen LogP contribution is -2.02. The van der Waals surface area contributed by atoms with E-state index in [9.17, 15) is 9.90 Å². The summed E-state index contributed by atoms with van der Waals surface area (Å²) in [4.78, 5) is 20.5. The molecule has 0 aliphatic rings. The Kier molecular flexibility index (Phi) is 2.66. The summed E-state index contributed by atoms with van der Waals surface area (Å²) in [6, 6.07) is 14.6. The molecule has 2 heterocycles. The zero-order chi connectivity index (χ0) is 15.1. The van der Waals surface area contributed by atoms with Gasteiger partial charge in [0.05, 0.1) is 16.6 Å². The van der Waals surface area contributed by atoms with Crippen molar-refractivity contribution in [3.05, 3.63) is 66.5 Å². The molecule has 22 heavy (non-hydrogen) atoms. The van der Waals surface area contributed by atoms with E-state index in [2.05, 4.69) is 9.97 Å². The van der Waals surface area contributed by atoms with Gasteiger partial charge >= 0.3 is 5.97 Å². The predicted octanol–water partition coefficient (Wildman–Crippen LogP) is 3.25. The maximum absolute atomic E-state index is 11.5. The van der Waals surface area contributed by atoms with Crippen molar-refractivity contribution in [1.82, 2.24) is 14.4 Å². The van der Waals surface area contributed by atoms with E-state index in [0.717, 1.165) is 11.0 Å². The van der Waals surface area contributed by atoms with E-state index in [1.54, 1.807) is 30.5 Å². The summed E-state index contributed by atoms with van der Waals surface area (Å²) >= 11 is 0. The number of carbonyl (C=O) groups is 1. The molecule has 0 spiro atoms. The van der Waals surface area contributed by atoms with Crippen LogP contribution in [-0.4, -0.2) is 25.4 Å². The van der Waals surface area contributed by atoms with Crippen molar-refractivity contribution in [3.8, 4) is 11.3 Å². The van der Waals surface area contributed by atoms with E-state index >= 15 is 0 Å². The smallest absolute Gasteiger partial charge is 0.336 e. The molecule has 4 aromatic rings. The van der Waals surface area contributed by atoms with Crippen molar-refractivity contribution in [2.24, 2.45) is 0 Å². The number of carboxylic acid groups (broad SMARTS) is 1. The third-order valence-electron chi connectivity index (χ3n) is 3.64. The molecule has 106 valence electrons. The van der Waals surface area contributed by atoms with Crippen LogP contribution >= 0.6 is 0 Å². The highest BCUT2D eigenvalue weighted by atomic mass is 16.4. The van der Waals surface area contributed by atoms with Gasteiger partial charge < -0.3 is 5.11 Å². The Morgan fingerprint density at radius 3 is 2.68 bits per heavy atom. The van der Waals surface area contributed by atoms with E-state index in [4.69, 9.17) is 0 Å². The van der Waals surface area contributed by atoms with E-state index in [1.165, 1.54) is 0 Å². The molecule has 0 aliphatic carbocycles. The summed E-state index contributed by atoms with van der Waals surface area (Å²) in [6.07, 6.45) is 3.54. The largest absolute Gasteiger partial charge is 0.478 e. The first-order valence-electron chi connectivity index (χ1n) is 6.80. The SMILES string of the molecule is O=C(O)c1ccccc1-c1nc2ccccc2n2ccnc12. The maximum Gasteiger partial charge on any atom is 0.336 e. The van der Waals surface area contributed by atoms with Crippen molar-refractivity contribution in [3.63, 3.8) is 0 Å². The number of aromatic carboxylic acids is 1. The average Bonchev–Trinajstić information content (AvgIpc) is 3.04. The lowest BCUT2D eigenvalue weighted by Gasteiger charge is -2.09. The van der Waals surface area contributed by atoms with E-state index in [1.807, 2.05) is 34.9 Å². The molecule has 0 radical (unpaired) electrons. The highest BCUT2D eigenvalue weighted by molar-refractivity contribution is 5.98. The van der Waals surface area contributed by atoms with Crippen LogP contribution in [0.1, 0.15) is 10.4 Å². The molecular weight excluding hydrogens is 278 g/mol. The molecule has 0 amide bonds. The van der Waals surface area contributed by atoms with Crippen LogP contribution in [-0.2, 0) is 0 Å². The fraction of sp³-hybridized carbons (Fsp3) is 0. The second-order valence-electron chi connectivity index (χ2n) is 4.92. The molecule has 0 saturated heterocycles. The van der Waals surface area contributed by atoms with Crippen molar-refractivity contribution in [1.29, 1.82) is 0 Å². The fourth-order valence-electron chi connectivity index (χ4n) is 2.66. The van der Waals surface area contributed by atoms with Crippen LogP contribution in [0.4, 0.5) is 0 Å². The number of aromatic nitrogens is 3. The topological polar surface area (TPSA) is 67.5 Å². The Labute approximate surface area is 125 Å². The summed E-state index contributed by atoms with van der Waals surface area (Å²) in [5.74, 6) is -0.977. The normalized spacial score (nSPS) is 11.1. The monoisotopic (exact) mass is 289 g/mol. The molecule has 5 nitrogen and oxygen atoms in total. The maximum atomic E-state index is 11.5. The highest BCUT2D eigenvalue weighted by Gasteiger charge is 2.17. The lowest BCUT2D eigenvalue weighted by molar-refractivity contribution is 0.0697. The van der Waals surface area contributed by atoms with Gasteiger partial charge in [0.25, 0.3) is 0 Å². The van der Waals surface area contributed by atoms with Gasteiger partial charge in [0.15, 0.2) is 5.65 Å². The van der Waals surface area contributed by atoms with Crippen LogP contribution in [0.25, 0.3) is 27.9 Å². The first-order valence-corrected chi connectivity index (χ1v) is 6.80. The molecule has 2 aromatic heterocycles. The zero-order valence-corrected chi connectivity index (χ0v) is 11.5. The van der Waals surface area contributed by atoms with Crippen LogP contribution in [0, 0.1) is 0 Å². The number of carboxylic acids is 1. The van der Waals surface area contributed by atoms with Gasteiger partial charge in [-0.15, -0.1) is 0 Å². The average molecular weight is 289 g/mol. The second-order valence-corrected chi connectivity index (χ2v) is 4.92. The Balaban J connectivity index is 2.14. The van der Waals surface area contributed by atoms with Gasteiger partial charge in [0.1, 0.15) is 5.69 Å². The molecule has 2 aromatic carbocycles. The first-order chi connectivity index (χ1) is 10.8. The van der Waals surface area contributed by atoms with Crippen molar-refractivity contribution < 1.29 is 9.90 Å². The van der Waals surface area contributed by atoms with Gasteiger partial charge in [0.2, 0.25) is 0 Å². The van der Waals surface area contributed by atoms with E-state index < -0.39 is 5.97 Å². The number of nitrogens with zero attached hydrogens (tertiary/aromatic N) is 3. The summed E-state index contributed by atoms with van der Waals surface area (Å²) in [5.41, 5.74) is 3.73. The number of fused-ring (bicyclic) bond motifs is 3. The number of hydrogen-bond donors (Lipinski definition) is 1. The molecule has 4 rings (SSSR count). The number of imidazole rings is 1. The number of rotatable bonds is 2. The zero-order valence-electron chi connectivity index (χ0n) is 11.5. The van der Waals surface area contributed by atoms with Crippen LogP contribution < -0.4 is 0 Å². The molecule has 0 unspecified atom stereocenters. The molecule has 1 N–H and O–H groups in total. The van der Waals surface area contributed by atoms with E-state index in [0.29, 0.717) is 16.9 Å². The van der Waals surface area contributed by atoms with Crippen LogP contribution in [0.2, 0.25) is 0 Å². The highest BCUT2D eigenvalue weighted by Crippen LogP contribution is 2.28. The Hall–Kier alpha value is -3.21. The second kappa shape index (κ2) is 4.66. The third kappa shape index (κ3) is 1.76. The molecular formula is C17H11N3O2. The van der Waals surface area contributed by atoms with Crippen molar-refractivity contribution >= 4 is 22.6 Å². The van der Waals surface area contributed by atoms with Gasteiger partial charge in [-0.1, -0.05) is 30.3 Å². The van der Waals surface area contributed by atoms with Gasteiger partial charge in [-0.25, -0.2) is 14.8 Å². The molecule has 0 atom stereocenters. The summed E-state index contributed by atoms with van der Waals surface area (Å²) < 4.78 is 1.93. The van der Waals surface area contributed by atoms with E-state index in [-0.39, 0.29) is 5.56 Å². The predicted molar refractivity (Wildman–Crippen MR) is 82.9 cm³/mol. The molecule has 0 bridgehead atoms. The minimum Gasteiger partial charge on any atom is -0.478 e. The Morgan fingerprint density at radius 2 is 1.82 bits per heavy atom. The van der Waals surface area contributed by atoms with Crippen molar-refractivity contribution in [2.75, 3.05) is 0 Å². The Morgan fingerprint density at radius 1 is 1.05 bits per heavy atom. The third-order valence-corrected chi connectivity index (χ3v) is 3.64. The van der Waals surface area contributed by atoms with Gasteiger partial charge in [0, 0.05) is 18.0 Å².